The molecule has 0 radical (unpaired) electrons. The van der Waals surface area contributed by atoms with Crippen LogP contribution in [-0.4, -0.2) is 75.4 Å². The number of benzene rings is 1. The van der Waals surface area contributed by atoms with E-state index < -0.39 is 15.9 Å². The normalized spacial score (nSPS) is 19.5. The lowest BCUT2D eigenvalue weighted by Crippen LogP contribution is -2.48. The van der Waals surface area contributed by atoms with Gasteiger partial charge >= 0.3 is 0 Å². The minimum Gasteiger partial charge on any atom is -0.372 e. The second-order valence-corrected chi connectivity index (χ2v) is 10.6. The van der Waals surface area contributed by atoms with Crippen LogP contribution in [0.15, 0.2) is 23.1 Å². The van der Waals surface area contributed by atoms with Crippen LogP contribution >= 0.6 is 11.6 Å². The van der Waals surface area contributed by atoms with Gasteiger partial charge in [0.25, 0.3) is 5.91 Å². The van der Waals surface area contributed by atoms with Gasteiger partial charge in [-0.1, -0.05) is 18.0 Å². The maximum absolute atomic E-state index is 12.4. The van der Waals surface area contributed by atoms with Crippen LogP contribution in [0.25, 0.3) is 0 Å². The summed E-state index contributed by atoms with van der Waals surface area (Å²) >= 11 is 6.09. The summed E-state index contributed by atoms with van der Waals surface area (Å²) in [5.41, 5.74) is 0.121. The predicted molar refractivity (Wildman–Crippen MR) is 120 cm³/mol. The largest absolute Gasteiger partial charge is 0.372 e. The highest BCUT2D eigenvalue weighted by Gasteiger charge is 2.25. The topological polar surface area (TPSA) is 96.0 Å². The van der Waals surface area contributed by atoms with Crippen LogP contribution in [0.4, 0.5) is 0 Å². The molecule has 1 aliphatic heterocycles. The number of hydrogen-bond donors (Lipinski definition) is 1. The first-order valence-corrected chi connectivity index (χ1v) is 12.3. The van der Waals surface area contributed by atoms with E-state index in [0.717, 1.165) is 17.1 Å². The maximum Gasteiger partial charge on any atom is 0.252 e. The Balaban J connectivity index is 1.77. The first-order valence-electron chi connectivity index (χ1n) is 10.5. The number of amides is 2. The zero-order chi connectivity index (χ0) is 23.2. The Morgan fingerprint density at radius 3 is 2.42 bits per heavy atom. The highest BCUT2D eigenvalue weighted by molar-refractivity contribution is 7.89. The summed E-state index contributed by atoms with van der Waals surface area (Å²) in [6, 6.07) is 4.07. The number of carbonyl (C=O) groups is 2. The van der Waals surface area contributed by atoms with E-state index >= 15 is 0 Å². The Labute approximate surface area is 189 Å². The molecule has 1 aromatic rings. The summed E-state index contributed by atoms with van der Waals surface area (Å²) in [7, 11) is -0.805. The third kappa shape index (κ3) is 7.17. The Bertz CT molecular complexity index is 881. The highest BCUT2D eigenvalue weighted by atomic mass is 35.5. The van der Waals surface area contributed by atoms with Crippen molar-refractivity contribution in [3.63, 3.8) is 0 Å². The molecule has 1 N–H and O–H groups in total. The lowest BCUT2D eigenvalue weighted by molar-refractivity contribution is -0.143. The Hall–Kier alpha value is -1.68. The van der Waals surface area contributed by atoms with Crippen molar-refractivity contribution in [3.05, 3.63) is 28.8 Å². The maximum atomic E-state index is 12.4. The highest BCUT2D eigenvalue weighted by Crippen LogP contribution is 2.22. The third-order valence-electron chi connectivity index (χ3n) is 5.09. The Morgan fingerprint density at radius 2 is 1.81 bits per heavy atom. The molecule has 0 aliphatic carbocycles. The first-order chi connectivity index (χ1) is 14.5. The Kier molecular flexibility index (Phi) is 9.29. The van der Waals surface area contributed by atoms with Crippen molar-refractivity contribution in [3.8, 4) is 0 Å². The molecule has 1 aliphatic rings. The van der Waals surface area contributed by atoms with Crippen molar-refractivity contribution in [2.24, 2.45) is 0 Å². The van der Waals surface area contributed by atoms with Gasteiger partial charge in [-0.25, -0.2) is 12.7 Å². The van der Waals surface area contributed by atoms with Gasteiger partial charge in [0.1, 0.15) is 0 Å². The van der Waals surface area contributed by atoms with Gasteiger partial charge in [-0.2, -0.15) is 0 Å². The molecule has 0 bridgehead atoms. The third-order valence-corrected chi connectivity index (χ3v) is 7.23. The molecule has 1 aromatic carbocycles. The molecule has 2 amide bonds. The van der Waals surface area contributed by atoms with Crippen molar-refractivity contribution in [2.75, 3.05) is 33.7 Å². The van der Waals surface area contributed by atoms with Gasteiger partial charge in [0, 0.05) is 40.2 Å². The summed E-state index contributed by atoms with van der Waals surface area (Å²) in [6.07, 6.45) is 2.84. The van der Waals surface area contributed by atoms with E-state index in [1.54, 1.807) is 0 Å². The average molecular weight is 474 g/mol. The van der Waals surface area contributed by atoms with Gasteiger partial charge in [0.15, 0.2) is 0 Å². The van der Waals surface area contributed by atoms with Gasteiger partial charge in [-0.3, -0.25) is 9.59 Å². The van der Waals surface area contributed by atoms with Crippen molar-refractivity contribution in [1.29, 1.82) is 0 Å². The fourth-order valence-corrected chi connectivity index (χ4v) is 4.60. The second-order valence-electron chi connectivity index (χ2n) is 8.05. The lowest BCUT2D eigenvalue weighted by Gasteiger charge is -2.35. The van der Waals surface area contributed by atoms with Crippen LogP contribution in [0.2, 0.25) is 5.02 Å². The van der Waals surface area contributed by atoms with Crippen LogP contribution in [0.1, 0.15) is 49.9 Å². The molecular formula is C21H32ClN3O5S. The number of sulfonamides is 1. The average Bonchev–Trinajstić information content (AvgIpc) is 2.69. The van der Waals surface area contributed by atoms with E-state index in [1.165, 1.54) is 32.3 Å². The van der Waals surface area contributed by atoms with Crippen LogP contribution in [0.5, 0.6) is 0 Å². The van der Waals surface area contributed by atoms with Crippen molar-refractivity contribution in [1.82, 2.24) is 14.5 Å². The van der Waals surface area contributed by atoms with E-state index in [0.29, 0.717) is 32.5 Å². The zero-order valence-electron chi connectivity index (χ0n) is 18.6. The number of hydrogen-bond acceptors (Lipinski definition) is 5. The fourth-order valence-electron chi connectivity index (χ4n) is 3.46. The summed E-state index contributed by atoms with van der Waals surface area (Å²) in [4.78, 5) is 26.7. The quantitative estimate of drug-likeness (QED) is 0.556. The van der Waals surface area contributed by atoms with Crippen LogP contribution in [-0.2, 0) is 19.6 Å². The van der Waals surface area contributed by atoms with Crippen LogP contribution in [0, 0.1) is 0 Å². The molecule has 31 heavy (non-hydrogen) atoms. The van der Waals surface area contributed by atoms with E-state index in [-0.39, 0.29) is 33.6 Å². The number of morpholine rings is 1. The molecule has 0 aromatic heterocycles. The van der Waals surface area contributed by atoms with Gasteiger partial charge in [0.05, 0.1) is 27.7 Å². The summed E-state index contributed by atoms with van der Waals surface area (Å²) < 4.78 is 31.3. The number of unbranched alkanes of at least 4 members (excludes halogenated alkanes) is 2. The van der Waals surface area contributed by atoms with Gasteiger partial charge in [-0.15, -0.1) is 0 Å². The van der Waals surface area contributed by atoms with Gasteiger partial charge in [0.2, 0.25) is 15.9 Å². The second kappa shape index (κ2) is 11.3. The minimum atomic E-state index is -3.66. The molecule has 8 nitrogen and oxygen atoms in total. The number of nitrogens with zero attached hydrogens (tertiary/aromatic N) is 2. The summed E-state index contributed by atoms with van der Waals surface area (Å²) in [5, 5.41) is 2.96. The summed E-state index contributed by atoms with van der Waals surface area (Å²) in [5.74, 6) is -0.287. The molecule has 0 spiro atoms. The standard InChI is InChI=1S/C21H32ClN3O5S/c1-15-13-25(14-16(2)30-15)20(26)8-6-5-7-11-23-21(27)18-12-17(9-10-19(18)22)31(28,29)24(3)4/h9-10,12,15-16H,5-8,11,13-14H2,1-4H3,(H,23,27). The smallest absolute Gasteiger partial charge is 0.252 e. The molecular weight excluding hydrogens is 442 g/mol. The molecule has 2 unspecified atom stereocenters. The summed E-state index contributed by atoms with van der Waals surface area (Å²) in [6.45, 7) is 5.61. The molecule has 2 rings (SSSR count). The molecule has 1 saturated heterocycles. The van der Waals surface area contributed by atoms with Gasteiger partial charge in [-0.05, 0) is 44.9 Å². The molecule has 1 fully saturated rings. The number of nitrogens with one attached hydrogen (secondary N) is 1. The predicted octanol–water partition coefficient (Wildman–Crippen LogP) is 2.52. The van der Waals surface area contributed by atoms with Crippen molar-refractivity contribution >= 4 is 33.4 Å². The zero-order valence-corrected chi connectivity index (χ0v) is 20.1. The monoisotopic (exact) mass is 473 g/mol. The number of halogens is 1. The fraction of sp³-hybridized carbons (Fsp3) is 0.619. The molecule has 2 atom stereocenters. The number of rotatable bonds is 9. The lowest BCUT2D eigenvalue weighted by atomic mass is 10.1. The molecule has 0 saturated carbocycles. The molecule has 174 valence electrons. The van der Waals surface area contributed by atoms with Crippen molar-refractivity contribution in [2.45, 2.75) is 56.6 Å². The molecule has 1 heterocycles. The van der Waals surface area contributed by atoms with Crippen LogP contribution in [0.3, 0.4) is 0 Å². The number of ether oxygens (including phenoxy) is 1. The minimum absolute atomic E-state index is 0.0114. The van der Waals surface area contributed by atoms with E-state index in [1.807, 2.05) is 18.7 Å². The van der Waals surface area contributed by atoms with E-state index in [9.17, 15) is 18.0 Å². The Morgan fingerprint density at radius 1 is 1.16 bits per heavy atom. The SMILES string of the molecule is CC1CN(C(=O)CCCCCNC(=O)c2cc(S(=O)(=O)N(C)C)ccc2Cl)CC(C)O1. The van der Waals surface area contributed by atoms with Crippen molar-refractivity contribution < 1.29 is 22.7 Å². The number of carbonyl (C=O) groups excluding carboxylic acids is 2. The van der Waals surface area contributed by atoms with Crippen LogP contribution < -0.4 is 5.32 Å². The van der Waals surface area contributed by atoms with Gasteiger partial charge < -0.3 is 15.0 Å². The molecule has 10 heteroatoms. The first kappa shape index (κ1) is 25.6. The van der Waals surface area contributed by atoms with E-state index in [2.05, 4.69) is 5.32 Å². The van der Waals surface area contributed by atoms with E-state index in [4.69, 9.17) is 16.3 Å².